The van der Waals surface area contributed by atoms with Crippen LogP contribution in [0.2, 0.25) is 0 Å². The van der Waals surface area contributed by atoms with Crippen LogP contribution in [0.15, 0.2) is 28.8 Å². The first-order valence-electron chi connectivity index (χ1n) is 10.6. The number of carbonyl (C=O) groups excluding carboxylic acids is 1. The van der Waals surface area contributed by atoms with E-state index in [-0.39, 0.29) is 0 Å². The van der Waals surface area contributed by atoms with Gasteiger partial charge in [-0.1, -0.05) is 11.2 Å². The van der Waals surface area contributed by atoms with Crippen molar-refractivity contribution in [2.24, 2.45) is 0 Å². The average molecular weight is 552 g/mol. The van der Waals surface area contributed by atoms with Crippen LogP contribution in [0.5, 0.6) is 0 Å². The second kappa shape index (κ2) is 8.58. The number of nitrogens with one attached hydrogen (secondary N) is 1. The molecule has 8 nitrogen and oxygen atoms in total. The summed E-state index contributed by atoms with van der Waals surface area (Å²) in [7, 11) is -4.70. The highest BCUT2D eigenvalue weighted by Crippen LogP contribution is 2.44. The molecule has 2 fully saturated rings. The van der Waals surface area contributed by atoms with E-state index >= 15 is 0 Å². The van der Waals surface area contributed by atoms with Crippen molar-refractivity contribution in [3.63, 3.8) is 0 Å². The van der Waals surface area contributed by atoms with Crippen LogP contribution in [-0.4, -0.2) is 61.6 Å². The van der Waals surface area contributed by atoms with E-state index in [0.29, 0.717) is 11.0 Å². The summed E-state index contributed by atoms with van der Waals surface area (Å²) >= 11 is 0. The van der Waals surface area contributed by atoms with Gasteiger partial charge < -0.3 is 9.42 Å². The molecule has 0 unspecified atom stereocenters. The number of nitrogens with zero attached hydrogens (tertiary/aromatic N) is 3. The smallest absolute Gasteiger partial charge is 0.326 e. The van der Waals surface area contributed by atoms with E-state index in [1.54, 1.807) is 0 Å². The highest BCUT2D eigenvalue weighted by Gasteiger charge is 2.61. The van der Waals surface area contributed by atoms with Crippen molar-refractivity contribution in [1.29, 1.82) is 0 Å². The first kappa shape index (κ1) is 25.3. The third kappa shape index (κ3) is 3.89. The number of carbonyl (C=O) groups is 1. The number of hydrogen-bond donors (Lipinski definition) is 1. The lowest BCUT2D eigenvalue weighted by Crippen LogP contribution is -2.56. The van der Waals surface area contributed by atoms with Crippen molar-refractivity contribution in [3.8, 4) is 11.1 Å². The van der Waals surface area contributed by atoms with E-state index in [9.17, 15) is 43.9 Å². The lowest BCUT2D eigenvalue weighted by molar-refractivity contribution is -0.0449. The minimum absolute atomic E-state index is 0.450. The van der Waals surface area contributed by atoms with Crippen molar-refractivity contribution in [2.45, 2.75) is 24.4 Å². The van der Waals surface area contributed by atoms with Crippen LogP contribution in [0.3, 0.4) is 0 Å². The molecule has 0 aliphatic carbocycles. The van der Waals surface area contributed by atoms with E-state index in [1.165, 1.54) is 4.72 Å². The number of hydrogen-bond acceptors (Lipinski definition) is 5. The summed E-state index contributed by atoms with van der Waals surface area (Å²) < 4.78 is 130. The number of benzene rings is 2. The van der Waals surface area contributed by atoms with Gasteiger partial charge in [-0.3, -0.25) is 4.90 Å². The SMILES string of the molecule is O=C1N(c2noc3cc(F)c(F)c(-c4c(F)cccc4F)c23)CC[C@H]2N1C[C@@H](NS(=O)(=O)CF)C2(F)F. The van der Waals surface area contributed by atoms with Gasteiger partial charge in [0.05, 0.1) is 10.9 Å². The summed E-state index contributed by atoms with van der Waals surface area (Å²) in [5.41, 5.74) is -2.39. The van der Waals surface area contributed by atoms with Crippen LogP contribution >= 0.6 is 0 Å². The molecule has 0 spiro atoms. The molecule has 2 aliphatic rings. The maximum atomic E-state index is 15.0. The van der Waals surface area contributed by atoms with Crippen LogP contribution in [0, 0.1) is 23.3 Å². The number of rotatable bonds is 5. The third-order valence-electron chi connectivity index (χ3n) is 6.34. The quantitative estimate of drug-likeness (QED) is 0.485. The minimum atomic E-state index is -4.70. The molecule has 2 aliphatic heterocycles. The van der Waals surface area contributed by atoms with E-state index in [1.807, 2.05) is 0 Å². The number of amides is 2. The topological polar surface area (TPSA) is 95.8 Å². The molecule has 0 bridgehead atoms. The Kier molecular flexibility index (Phi) is 5.86. The fourth-order valence-corrected chi connectivity index (χ4v) is 5.43. The molecule has 16 heteroatoms. The molecule has 198 valence electrons. The summed E-state index contributed by atoms with van der Waals surface area (Å²) in [6.45, 7) is -1.32. The molecule has 37 heavy (non-hydrogen) atoms. The molecule has 0 saturated carbocycles. The molecule has 3 heterocycles. The molecule has 2 atom stereocenters. The lowest BCUT2D eigenvalue weighted by atomic mass is 9.98. The Morgan fingerprint density at radius 2 is 1.78 bits per heavy atom. The third-order valence-corrected chi connectivity index (χ3v) is 7.27. The predicted octanol–water partition coefficient (Wildman–Crippen LogP) is 3.92. The summed E-state index contributed by atoms with van der Waals surface area (Å²) in [4.78, 5) is 14.6. The zero-order chi connectivity index (χ0) is 26.9. The fourth-order valence-electron chi connectivity index (χ4n) is 4.70. The van der Waals surface area contributed by atoms with E-state index in [4.69, 9.17) is 4.52 Å². The van der Waals surface area contributed by atoms with Gasteiger partial charge in [0.1, 0.15) is 23.7 Å². The summed E-state index contributed by atoms with van der Waals surface area (Å²) in [5.74, 6) is -10.0. The molecular formula is C21H15F7N4O4S. The maximum Gasteiger partial charge on any atom is 0.326 e. The largest absolute Gasteiger partial charge is 0.354 e. The molecule has 0 radical (unpaired) electrons. The normalized spacial score (nSPS) is 21.6. The lowest BCUT2D eigenvalue weighted by Gasteiger charge is -2.37. The zero-order valence-corrected chi connectivity index (χ0v) is 19.1. The number of alkyl halides is 3. The van der Waals surface area contributed by atoms with Crippen molar-refractivity contribution in [3.05, 3.63) is 47.5 Å². The highest BCUT2D eigenvalue weighted by atomic mass is 32.2. The monoisotopic (exact) mass is 552 g/mol. The first-order valence-corrected chi connectivity index (χ1v) is 12.3. The Bertz CT molecular complexity index is 1510. The van der Waals surface area contributed by atoms with Crippen molar-refractivity contribution in [2.75, 3.05) is 24.0 Å². The van der Waals surface area contributed by atoms with Crippen LogP contribution < -0.4 is 9.62 Å². The van der Waals surface area contributed by atoms with Crippen LogP contribution in [0.4, 0.5) is 41.3 Å². The second-order valence-corrected chi connectivity index (χ2v) is 10.2. The zero-order valence-electron chi connectivity index (χ0n) is 18.3. The fraction of sp³-hybridized carbons (Fsp3) is 0.333. The molecule has 2 amide bonds. The van der Waals surface area contributed by atoms with E-state index in [2.05, 4.69) is 5.16 Å². The number of sulfonamides is 1. The van der Waals surface area contributed by atoms with Gasteiger partial charge in [-0.15, -0.1) is 0 Å². The Morgan fingerprint density at radius 3 is 2.43 bits per heavy atom. The molecule has 5 rings (SSSR count). The molecule has 1 aromatic heterocycles. The number of urea groups is 1. The Balaban J connectivity index is 1.60. The van der Waals surface area contributed by atoms with Gasteiger partial charge in [0.15, 0.2) is 23.0 Å². The Morgan fingerprint density at radius 1 is 1.11 bits per heavy atom. The summed E-state index contributed by atoms with van der Waals surface area (Å²) in [6, 6.07) is -3.87. The van der Waals surface area contributed by atoms with Crippen molar-refractivity contribution in [1.82, 2.24) is 14.8 Å². The standard InChI is InChI=1S/C21H15F7N4O4S/c22-8-37(34,35)30-13-7-32-14(21(13,27)28)4-5-31(20(32)33)19-16-12(36-29-19)6-11(25)18(26)17(16)15-9(23)2-1-3-10(15)24/h1-3,6,13-14,30H,4-5,7-8H2/t13-,14-/m1/s1. The van der Waals surface area contributed by atoms with Crippen LogP contribution in [0.25, 0.3) is 22.1 Å². The van der Waals surface area contributed by atoms with Crippen molar-refractivity contribution < 1.29 is 48.5 Å². The predicted molar refractivity (Wildman–Crippen MR) is 114 cm³/mol. The number of aromatic nitrogens is 1. The van der Waals surface area contributed by atoms with Gasteiger partial charge in [-0.25, -0.2) is 48.7 Å². The molecule has 2 aromatic carbocycles. The van der Waals surface area contributed by atoms with Crippen molar-refractivity contribution >= 4 is 32.8 Å². The molecule has 2 saturated heterocycles. The number of anilines is 1. The Hall–Kier alpha value is -3.40. The molecular weight excluding hydrogens is 537 g/mol. The first-order chi connectivity index (χ1) is 17.4. The van der Waals surface area contributed by atoms with Gasteiger partial charge >= 0.3 is 6.03 Å². The van der Waals surface area contributed by atoms with Gasteiger partial charge in [0.2, 0.25) is 16.0 Å². The van der Waals surface area contributed by atoms with Gasteiger partial charge in [0.25, 0.3) is 5.92 Å². The molecule has 3 aromatic rings. The minimum Gasteiger partial charge on any atom is -0.354 e. The van der Waals surface area contributed by atoms with Gasteiger partial charge in [0, 0.05) is 24.7 Å². The number of halogens is 7. The van der Waals surface area contributed by atoms with Crippen LogP contribution in [-0.2, 0) is 10.0 Å². The Labute approximate surface area is 203 Å². The maximum absolute atomic E-state index is 15.0. The van der Waals surface area contributed by atoms with E-state index < -0.39 is 111 Å². The van der Waals surface area contributed by atoms with Crippen LogP contribution in [0.1, 0.15) is 6.42 Å². The number of fused-ring (bicyclic) bond motifs is 2. The summed E-state index contributed by atoms with van der Waals surface area (Å²) in [5, 5.41) is 3.13. The van der Waals surface area contributed by atoms with Gasteiger partial charge in [-0.2, -0.15) is 0 Å². The average Bonchev–Trinajstić information content (AvgIpc) is 3.34. The highest BCUT2D eigenvalue weighted by molar-refractivity contribution is 7.89. The van der Waals surface area contributed by atoms with Gasteiger partial charge in [-0.05, 0) is 18.6 Å². The molecule has 1 N–H and O–H groups in total. The summed E-state index contributed by atoms with van der Waals surface area (Å²) in [6.07, 6.45) is -0.450. The van der Waals surface area contributed by atoms with E-state index in [0.717, 1.165) is 23.1 Å². The second-order valence-electron chi connectivity index (χ2n) is 8.48.